The van der Waals surface area contributed by atoms with Gasteiger partial charge in [0.15, 0.2) is 0 Å². The predicted octanol–water partition coefficient (Wildman–Crippen LogP) is 2.59. The Morgan fingerprint density at radius 3 is 2.48 bits per heavy atom. The van der Waals surface area contributed by atoms with Crippen molar-refractivity contribution in [2.24, 2.45) is 16.8 Å². The first-order chi connectivity index (χ1) is 10.0. The molecular formula is C16H30N2O3. The molecule has 122 valence electrons. The Hall–Kier alpha value is -1.23. The quantitative estimate of drug-likeness (QED) is 0.471. The maximum absolute atomic E-state index is 11.6. The van der Waals surface area contributed by atoms with Gasteiger partial charge in [0.1, 0.15) is 0 Å². The van der Waals surface area contributed by atoms with E-state index in [0.29, 0.717) is 26.2 Å². The summed E-state index contributed by atoms with van der Waals surface area (Å²) in [6.07, 6.45) is 4.63. The van der Waals surface area contributed by atoms with E-state index >= 15 is 0 Å². The third-order valence-corrected chi connectivity index (χ3v) is 3.35. The molecule has 0 aliphatic rings. The molecule has 0 spiro atoms. The average Bonchev–Trinajstić information content (AvgIpc) is 2.50. The lowest BCUT2D eigenvalue weighted by atomic mass is 10.1. The fourth-order valence-electron chi connectivity index (χ4n) is 1.53. The number of nitrogens with zero attached hydrogens (tertiary/aromatic N) is 1. The van der Waals surface area contributed by atoms with E-state index < -0.39 is 0 Å². The molecule has 0 heterocycles. The van der Waals surface area contributed by atoms with Crippen LogP contribution >= 0.6 is 0 Å². The number of carbonyl (C=O) groups excluding carboxylic acids is 2. The number of ether oxygens (including phenoxy) is 1. The van der Waals surface area contributed by atoms with Crippen LogP contribution in [0, 0.1) is 11.8 Å². The molecule has 0 bridgehead atoms. The first-order valence-corrected chi connectivity index (χ1v) is 7.97. The largest absolute Gasteiger partial charge is 0.381 e. The van der Waals surface area contributed by atoms with Crippen molar-refractivity contribution in [1.29, 1.82) is 0 Å². The Morgan fingerprint density at radius 2 is 1.90 bits per heavy atom. The molecule has 5 nitrogen and oxygen atoms in total. The Bertz CT molecular complexity index is 329. The first kappa shape index (κ1) is 19.8. The zero-order valence-corrected chi connectivity index (χ0v) is 13.9. The molecule has 0 radical (unpaired) electrons. The van der Waals surface area contributed by atoms with Gasteiger partial charge >= 0.3 is 0 Å². The Morgan fingerprint density at radius 1 is 1.19 bits per heavy atom. The molecule has 5 heteroatoms. The summed E-state index contributed by atoms with van der Waals surface area (Å²) in [5.41, 5.74) is 0. The summed E-state index contributed by atoms with van der Waals surface area (Å²) in [7, 11) is 0. The van der Waals surface area contributed by atoms with Crippen LogP contribution in [0.5, 0.6) is 0 Å². The van der Waals surface area contributed by atoms with E-state index in [2.05, 4.69) is 10.3 Å². The zero-order chi connectivity index (χ0) is 16.1. The van der Waals surface area contributed by atoms with Crippen molar-refractivity contribution >= 4 is 18.0 Å². The van der Waals surface area contributed by atoms with Crippen LogP contribution < -0.4 is 5.32 Å². The third-order valence-electron chi connectivity index (χ3n) is 3.35. The number of hydrogen-bond donors (Lipinski definition) is 1. The normalized spacial score (nSPS) is 14.1. The summed E-state index contributed by atoms with van der Waals surface area (Å²) >= 11 is 0. The number of aliphatic imine (C=N–C) groups is 1. The second-order valence-corrected chi connectivity index (χ2v) is 5.26. The lowest BCUT2D eigenvalue weighted by molar-refractivity contribution is -0.122. The second kappa shape index (κ2) is 12.5. The molecule has 2 amide bonds. The van der Waals surface area contributed by atoms with Crippen LogP contribution in [0.4, 0.5) is 0 Å². The summed E-state index contributed by atoms with van der Waals surface area (Å²) in [6, 6.07) is 0. The lowest BCUT2D eigenvalue weighted by Gasteiger charge is -2.11. The third kappa shape index (κ3) is 10.2. The van der Waals surface area contributed by atoms with Crippen molar-refractivity contribution in [3.63, 3.8) is 0 Å². The van der Waals surface area contributed by atoms with Gasteiger partial charge in [-0.2, -0.15) is 0 Å². The average molecular weight is 298 g/mol. The molecule has 0 aliphatic heterocycles. The van der Waals surface area contributed by atoms with Crippen LogP contribution in [0.2, 0.25) is 0 Å². The monoisotopic (exact) mass is 298 g/mol. The highest BCUT2D eigenvalue weighted by atomic mass is 16.5. The summed E-state index contributed by atoms with van der Waals surface area (Å²) < 4.78 is 5.27. The fourth-order valence-corrected chi connectivity index (χ4v) is 1.53. The zero-order valence-electron chi connectivity index (χ0n) is 13.9. The minimum Gasteiger partial charge on any atom is -0.381 e. The summed E-state index contributed by atoms with van der Waals surface area (Å²) in [5, 5.41) is 2.86. The van der Waals surface area contributed by atoms with Gasteiger partial charge in [-0.15, -0.1) is 0 Å². The van der Waals surface area contributed by atoms with E-state index in [1.165, 1.54) is 0 Å². The fraction of sp³-hybridized carbons (Fsp3) is 0.812. The molecule has 2 unspecified atom stereocenters. The topological polar surface area (TPSA) is 67.8 Å². The highest BCUT2D eigenvalue weighted by Gasteiger charge is 2.10. The van der Waals surface area contributed by atoms with E-state index in [9.17, 15) is 9.59 Å². The van der Waals surface area contributed by atoms with Crippen molar-refractivity contribution in [1.82, 2.24) is 5.32 Å². The van der Waals surface area contributed by atoms with E-state index in [4.69, 9.17) is 4.74 Å². The van der Waals surface area contributed by atoms with Crippen LogP contribution in [0.25, 0.3) is 0 Å². The van der Waals surface area contributed by atoms with Crippen LogP contribution in [0.3, 0.4) is 0 Å². The number of amides is 2. The second-order valence-electron chi connectivity index (χ2n) is 5.26. The van der Waals surface area contributed by atoms with Gasteiger partial charge in [0.2, 0.25) is 11.8 Å². The van der Waals surface area contributed by atoms with Gasteiger partial charge in [-0.1, -0.05) is 27.7 Å². The number of carbonyl (C=O) groups is 2. The lowest BCUT2D eigenvalue weighted by Crippen LogP contribution is -2.30. The maximum Gasteiger partial charge on any atom is 0.248 e. The van der Waals surface area contributed by atoms with Gasteiger partial charge in [0.05, 0.1) is 6.61 Å². The van der Waals surface area contributed by atoms with Gasteiger partial charge in [-0.25, -0.2) is 4.99 Å². The van der Waals surface area contributed by atoms with Crippen molar-refractivity contribution < 1.29 is 14.3 Å². The summed E-state index contributed by atoms with van der Waals surface area (Å²) in [5.74, 6) is -0.0518. The van der Waals surface area contributed by atoms with E-state index in [-0.39, 0.29) is 23.7 Å². The highest BCUT2D eigenvalue weighted by Crippen LogP contribution is 2.04. The Labute approximate surface area is 128 Å². The molecule has 0 rings (SSSR count). The van der Waals surface area contributed by atoms with E-state index in [0.717, 1.165) is 19.3 Å². The van der Waals surface area contributed by atoms with Crippen molar-refractivity contribution in [3.05, 3.63) is 0 Å². The van der Waals surface area contributed by atoms with Crippen molar-refractivity contribution in [2.75, 3.05) is 19.8 Å². The molecule has 0 fully saturated rings. The molecule has 0 saturated heterocycles. The Balaban J connectivity index is 4.01. The summed E-state index contributed by atoms with van der Waals surface area (Å²) in [4.78, 5) is 27.2. The van der Waals surface area contributed by atoms with Crippen LogP contribution in [0.1, 0.15) is 53.4 Å². The molecule has 0 aliphatic carbocycles. The van der Waals surface area contributed by atoms with Crippen LogP contribution in [-0.2, 0) is 14.3 Å². The van der Waals surface area contributed by atoms with Crippen molar-refractivity contribution in [2.45, 2.75) is 53.4 Å². The number of nitrogens with one attached hydrogen (secondary N) is 1. The minimum atomic E-state index is -0.0877. The van der Waals surface area contributed by atoms with Crippen molar-refractivity contribution in [3.8, 4) is 0 Å². The number of rotatable bonds is 11. The minimum absolute atomic E-state index is 0.0220. The van der Waals surface area contributed by atoms with E-state index in [1.807, 2.05) is 27.7 Å². The van der Waals surface area contributed by atoms with Crippen LogP contribution in [0.15, 0.2) is 4.99 Å². The maximum atomic E-state index is 11.6. The van der Waals surface area contributed by atoms with Gasteiger partial charge in [0, 0.05) is 37.6 Å². The summed E-state index contributed by atoms with van der Waals surface area (Å²) in [6.45, 7) is 9.55. The molecule has 21 heavy (non-hydrogen) atoms. The molecule has 0 aromatic rings. The predicted molar refractivity (Wildman–Crippen MR) is 85.5 cm³/mol. The Kier molecular flexibility index (Phi) is 11.8. The van der Waals surface area contributed by atoms with Gasteiger partial charge in [0.25, 0.3) is 0 Å². The standard InChI is InChI=1S/C16H30N2O3/c1-5-9-21-10-8-15(19)17-11-14(7-3)12-18-16(20)13(4)6-2/h12-14H,5-11H2,1-4H3,(H,17,19)/b18-12+. The van der Waals surface area contributed by atoms with Gasteiger partial charge in [-0.05, 0) is 19.3 Å². The smallest absolute Gasteiger partial charge is 0.248 e. The SMILES string of the molecule is CCCOCCC(=O)NCC(/C=N/C(=O)C(C)CC)CC. The highest BCUT2D eigenvalue weighted by molar-refractivity contribution is 5.87. The molecular weight excluding hydrogens is 268 g/mol. The molecule has 2 atom stereocenters. The molecule has 0 aromatic carbocycles. The first-order valence-electron chi connectivity index (χ1n) is 7.97. The van der Waals surface area contributed by atoms with Crippen LogP contribution in [-0.4, -0.2) is 37.8 Å². The van der Waals surface area contributed by atoms with E-state index in [1.54, 1.807) is 6.21 Å². The van der Waals surface area contributed by atoms with Gasteiger partial charge < -0.3 is 10.1 Å². The molecule has 1 N–H and O–H groups in total. The molecule has 0 aromatic heterocycles. The molecule has 0 saturated carbocycles. The number of hydrogen-bond acceptors (Lipinski definition) is 3. The van der Waals surface area contributed by atoms with Gasteiger partial charge in [-0.3, -0.25) is 9.59 Å².